The molecule has 0 saturated heterocycles. The van der Waals surface area contributed by atoms with Crippen molar-refractivity contribution < 1.29 is 27.2 Å². The first kappa shape index (κ1) is 20.9. The van der Waals surface area contributed by atoms with Gasteiger partial charge in [0.15, 0.2) is 5.69 Å². The smallest absolute Gasteiger partial charge is 0.434 e. The van der Waals surface area contributed by atoms with Gasteiger partial charge in [0.25, 0.3) is 5.69 Å². The Morgan fingerprint density at radius 3 is 2.31 bits per heavy atom. The number of ether oxygens (including phenoxy) is 1. The molecule has 0 radical (unpaired) electrons. The van der Waals surface area contributed by atoms with Crippen LogP contribution in [0.15, 0.2) is 36.4 Å². The average Bonchev–Trinajstić information content (AvgIpc) is 2.92. The summed E-state index contributed by atoms with van der Waals surface area (Å²) >= 11 is 11.8. The van der Waals surface area contributed by atoms with Crippen molar-refractivity contribution in [1.82, 2.24) is 9.78 Å². The summed E-state index contributed by atoms with van der Waals surface area (Å²) in [6.45, 7) is 0. The zero-order valence-electron chi connectivity index (χ0n) is 14.3. The normalized spacial score (nSPS) is 11.6. The van der Waals surface area contributed by atoms with Crippen molar-refractivity contribution in [3.05, 3.63) is 68.1 Å². The number of alkyl halides is 3. The van der Waals surface area contributed by atoms with E-state index in [1.165, 1.54) is 24.3 Å². The third kappa shape index (κ3) is 4.13. The Bertz CT molecular complexity index is 1100. The van der Waals surface area contributed by atoms with Crippen LogP contribution in [0.1, 0.15) is 5.69 Å². The minimum absolute atomic E-state index is 0.104. The average molecular weight is 450 g/mol. The number of nitrogens with zero attached hydrogens (tertiary/aromatic N) is 3. The molecule has 3 rings (SSSR count). The number of nitro groups is 1. The van der Waals surface area contributed by atoms with Crippen molar-refractivity contribution in [3.8, 4) is 22.8 Å². The van der Waals surface area contributed by atoms with Crippen molar-refractivity contribution in [3.63, 3.8) is 0 Å². The number of aryl methyl sites for hydroxylation is 1. The molecule has 1 aromatic heterocycles. The fourth-order valence-electron chi connectivity index (χ4n) is 2.53. The molecule has 29 heavy (non-hydrogen) atoms. The van der Waals surface area contributed by atoms with Crippen molar-refractivity contribution >= 4 is 28.9 Å². The van der Waals surface area contributed by atoms with Crippen LogP contribution in [0.2, 0.25) is 10.0 Å². The molecular formula is C17H9Cl2F4N3O3. The molecule has 0 spiro atoms. The minimum Gasteiger partial charge on any atom is -0.456 e. The molecule has 0 N–H and O–H groups in total. The summed E-state index contributed by atoms with van der Waals surface area (Å²) < 4.78 is 59.8. The largest absolute Gasteiger partial charge is 0.456 e. The topological polar surface area (TPSA) is 70.2 Å². The predicted molar refractivity (Wildman–Crippen MR) is 96.8 cm³/mol. The Balaban J connectivity index is 2.04. The van der Waals surface area contributed by atoms with Crippen LogP contribution in [-0.4, -0.2) is 14.7 Å². The maximum absolute atomic E-state index is 14.4. The Kier molecular flexibility index (Phi) is 5.42. The van der Waals surface area contributed by atoms with Crippen LogP contribution >= 0.6 is 23.2 Å². The van der Waals surface area contributed by atoms with Crippen LogP contribution in [0.3, 0.4) is 0 Å². The lowest BCUT2D eigenvalue weighted by Gasteiger charge is -2.10. The summed E-state index contributed by atoms with van der Waals surface area (Å²) in [5, 5.41) is 13.4. The summed E-state index contributed by atoms with van der Waals surface area (Å²) in [7, 11) is 1.03. The van der Waals surface area contributed by atoms with Gasteiger partial charge in [0.2, 0.25) is 0 Å². The number of hydrogen-bond acceptors (Lipinski definition) is 4. The highest BCUT2D eigenvalue weighted by molar-refractivity contribution is 6.34. The number of benzene rings is 2. The molecule has 0 atom stereocenters. The summed E-state index contributed by atoms with van der Waals surface area (Å²) in [4.78, 5) is 10.1. The van der Waals surface area contributed by atoms with Gasteiger partial charge >= 0.3 is 6.18 Å². The molecule has 0 aliphatic heterocycles. The van der Waals surface area contributed by atoms with Gasteiger partial charge in [-0.3, -0.25) is 14.8 Å². The highest BCUT2D eigenvalue weighted by Gasteiger charge is 2.39. The molecule has 0 aliphatic carbocycles. The zero-order valence-corrected chi connectivity index (χ0v) is 15.8. The summed E-state index contributed by atoms with van der Waals surface area (Å²) in [5.74, 6) is -0.926. The number of halogens is 6. The number of nitro benzene ring substituents is 1. The van der Waals surface area contributed by atoms with Gasteiger partial charge in [0.05, 0.1) is 15.0 Å². The summed E-state index contributed by atoms with van der Waals surface area (Å²) in [5.41, 5.74) is -2.21. The van der Waals surface area contributed by atoms with E-state index in [4.69, 9.17) is 27.9 Å². The highest BCUT2D eigenvalue weighted by Crippen LogP contribution is 2.42. The van der Waals surface area contributed by atoms with Gasteiger partial charge < -0.3 is 4.74 Å². The number of aromatic nitrogens is 2. The van der Waals surface area contributed by atoms with Crippen LogP contribution in [-0.2, 0) is 13.2 Å². The van der Waals surface area contributed by atoms with E-state index < -0.39 is 33.3 Å². The van der Waals surface area contributed by atoms with Crippen molar-refractivity contribution in [2.45, 2.75) is 6.18 Å². The molecule has 0 unspecified atom stereocenters. The van der Waals surface area contributed by atoms with E-state index in [1.54, 1.807) is 0 Å². The Hall–Kier alpha value is -2.85. The van der Waals surface area contributed by atoms with E-state index in [0.29, 0.717) is 4.68 Å². The van der Waals surface area contributed by atoms with Crippen molar-refractivity contribution in [2.75, 3.05) is 0 Å². The SMILES string of the molecule is Cn1nc(-c2cc(Oc3ccc([N+](=O)[O-])cc3)c(Cl)cc2F)c(Cl)c1C(F)(F)F. The maximum atomic E-state index is 14.4. The molecular weight excluding hydrogens is 441 g/mol. The molecule has 0 aliphatic rings. The molecule has 1 heterocycles. The van der Waals surface area contributed by atoms with E-state index >= 15 is 0 Å². The summed E-state index contributed by atoms with van der Waals surface area (Å²) in [6.07, 6.45) is -4.79. The van der Waals surface area contributed by atoms with E-state index in [0.717, 1.165) is 19.2 Å². The maximum Gasteiger partial charge on any atom is 0.434 e. The monoisotopic (exact) mass is 449 g/mol. The second-order valence-electron chi connectivity index (χ2n) is 5.75. The molecule has 6 nitrogen and oxygen atoms in total. The molecule has 0 bridgehead atoms. The molecule has 152 valence electrons. The van der Waals surface area contributed by atoms with Crippen LogP contribution in [0, 0.1) is 15.9 Å². The number of non-ortho nitro benzene ring substituents is 1. The lowest BCUT2D eigenvalue weighted by Crippen LogP contribution is -2.12. The predicted octanol–water partition coefficient (Wildman–Crippen LogP) is 6.25. The van der Waals surface area contributed by atoms with Gasteiger partial charge in [-0.2, -0.15) is 18.3 Å². The molecule has 3 aromatic rings. The van der Waals surface area contributed by atoms with Gasteiger partial charge in [-0.25, -0.2) is 4.39 Å². The molecule has 12 heteroatoms. The van der Waals surface area contributed by atoms with Gasteiger partial charge in [-0.1, -0.05) is 23.2 Å². The molecule has 0 saturated carbocycles. The number of hydrogen-bond donors (Lipinski definition) is 0. The first-order valence-electron chi connectivity index (χ1n) is 7.70. The van der Waals surface area contributed by atoms with E-state index in [1.807, 2.05) is 0 Å². The lowest BCUT2D eigenvalue weighted by atomic mass is 10.1. The van der Waals surface area contributed by atoms with Gasteiger partial charge in [-0.15, -0.1) is 0 Å². The first-order chi connectivity index (χ1) is 13.5. The lowest BCUT2D eigenvalue weighted by molar-refractivity contribution is -0.384. The van der Waals surface area contributed by atoms with E-state index in [2.05, 4.69) is 5.10 Å². The molecule has 2 aromatic carbocycles. The zero-order chi connectivity index (χ0) is 21.5. The van der Waals surface area contributed by atoms with Crippen LogP contribution in [0.25, 0.3) is 11.3 Å². The second kappa shape index (κ2) is 7.53. The minimum atomic E-state index is -4.79. The third-order valence-corrected chi connectivity index (χ3v) is 4.46. The summed E-state index contributed by atoms with van der Waals surface area (Å²) in [6, 6.07) is 6.82. The molecule has 0 fully saturated rings. The van der Waals surface area contributed by atoms with Crippen molar-refractivity contribution in [2.24, 2.45) is 7.05 Å². The van der Waals surface area contributed by atoms with Gasteiger partial charge in [0.1, 0.15) is 23.0 Å². The van der Waals surface area contributed by atoms with Crippen LogP contribution < -0.4 is 4.74 Å². The number of rotatable bonds is 4. The highest BCUT2D eigenvalue weighted by atomic mass is 35.5. The standard InChI is InChI=1S/C17H9Cl2F4N3O3/c1-25-16(17(21,22)23)14(19)15(24-25)10-6-13(11(18)7-12(10)20)29-9-4-2-8(3-5-9)26(27)28/h2-7H,1H3. The van der Waals surface area contributed by atoms with E-state index in [-0.39, 0.29) is 27.8 Å². The van der Waals surface area contributed by atoms with Crippen LogP contribution in [0.5, 0.6) is 11.5 Å². The fraction of sp³-hybridized carbons (Fsp3) is 0.118. The third-order valence-electron chi connectivity index (χ3n) is 3.81. The van der Waals surface area contributed by atoms with Crippen molar-refractivity contribution in [1.29, 1.82) is 0 Å². The fourth-order valence-corrected chi connectivity index (χ4v) is 3.09. The quantitative estimate of drug-likeness (QED) is 0.268. The Labute approximate surface area is 170 Å². The van der Waals surface area contributed by atoms with Gasteiger partial charge in [0, 0.05) is 24.7 Å². The molecule has 0 amide bonds. The Morgan fingerprint density at radius 2 is 1.79 bits per heavy atom. The second-order valence-corrected chi connectivity index (χ2v) is 6.53. The Morgan fingerprint density at radius 1 is 1.17 bits per heavy atom. The van der Waals surface area contributed by atoms with Gasteiger partial charge in [-0.05, 0) is 24.3 Å². The van der Waals surface area contributed by atoms with Crippen LogP contribution in [0.4, 0.5) is 23.2 Å². The van der Waals surface area contributed by atoms with E-state index in [9.17, 15) is 27.7 Å². The first-order valence-corrected chi connectivity index (χ1v) is 8.46.